The van der Waals surface area contributed by atoms with Gasteiger partial charge in [0.25, 0.3) is 5.91 Å². The zero-order chi connectivity index (χ0) is 16.1. The number of carbonyl (C=O) groups excluding carboxylic acids is 1. The SMILES string of the molecule is O=C(Nc1ccccc1)c1cc(Cl)ccc1OCc1nn[nH]n1. The third-order valence-electron chi connectivity index (χ3n) is 2.96. The fraction of sp³-hybridized carbons (Fsp3) is 0.0667. The number of nitrogens with one attached hydrogen (secondary N) is 2. The molecular weight excluding hydrogens is 318 g/mol. The number of amides is 1. The molecule has 0 radical (unpaired) electrons. The summed E-state index contributed by atoms with van der Waals surface area (Å²) in [4.78, 5) is 12.4. The lowest BCUT2D eigenvalue weighted by molar-refractivity contribution is 0.102. The van der Waals surface area contributed by atoms with Gasteiger partial charge in [-0.1, -0.05) is 35.0 Å². The molecule has 1 amide bonds. The first-order valence-electron chi connectivity index (χ1n) is 6.73. The van der Waals surface area contributed by atoms with Crippen LogP contribution in [0.15, 0.2) is 48.5 Å². The Balaban J connectivity index is 1.79. The van der Waals surface area contributed by atoms with E-state index in [1.54, 1.807) is 30.3 Å². The Morgan fingerprint density at radius 1 is 1.22 bits per heavy atom. The van der Waals surface area contributed by atoms with Gasteiger partial charge in [0.1, 0.15) is 5.75 Å². The van der Waals surface area contributed by atoms with Crippen molar-refractivity contribution in [3.8, 4) is 5.75 Å². The zero-order valence-electron chi connectivity index (χ0n) is 11.9. The Bertz CT molecular complexity index is 793. The van der Waals surface area contributed by atoms with Gasteiger partial charge in [0.05, 0.1) is 5.56 Å². The Hall–Kier alpha value is -2.93. The van der Waals surface area contributed by atoms with E-state index >= 15 is 0 Å². The number of aromatic nitrogens is 4. The van der Waals surface area contributed by atoms with Gasteiger partial charge in [0.2, 0.25) is 5.82 Å². The van der Waals surface area contributed by atoms with Gasteiger partial charge in [0.15, 0.2) is 6.61 Å². The van der Waals surface area contributed by atoms with Gasteiger partial charge in [-0.05, 0) is 30.3 Å². The number of nitrogens with zero attached hydrogens (tertiary/aromatic N) is 3. The summed E-state index contributed by atoms with van der Waals surface area (Å²) < 4.78 is 5.59. The van der Waals surface area contributed by atoms with Crippen molar-refractivity contribution in [2.24, 2.45) is 0 Å². The van der Waals surface area contributed by atoms with Crippen molar-refractivity contribution in [3.05, 3.63) is 64.9 Å². The smallest absolute Gasteiger partial charge is 0.259 e. The van der Waals surface area contributed by atoms with E-state index in [0.29, 0.717) is 27.8 Å². The highest BCUT2D eigenvalue weighted by Crippen LogP contribution is 2.24. The number of hydrogen-bond acceptors (Lipinski definition) is 5. The highest BCUT2D eigenvalue weighted by Gasteiger charge is 2.14. The van der Waals surface area contributed by atoms with E-state index in [0.717, 1.165) is 0 Å². The van der Waals surface area contributed by atoms with Crippen LogP contribution in [-0.4, -0.2) is 26.5 Å². The molecule has 0 aliphatic carbocycles. The summed E-state index contributed by atoms with van der Waals surface area (Å²) in [6.07, 6.45) is 0. The lowest BCUT2D eigenvalue weighted by atomic mass is 10.2. The van der Waals surface area contributed by atoms with Crippen molar-refractivity contribution >= 4 is 23.2 Å². The van der Waals surface area contributed by atoms with Crippen LogP contribution in [0.4, 0.5) is 5.69 Å². The molecule has 0 saturated heterocycles. The second-order valence-electron chi connectivity index (χ2n) is 4.58. The molecule has 0 unspecified atom stereocenters. The first-order valence-corrected chi connectivity index (χ1v) is 7.11. The number of benzene rings is 2. The molecule has 3 rings (SSSR count). The maximum Gasteiger partial charge on any atom is 0.259 e. The van der Waals surface area contributed by atoms with Gasteiger partial charge in [0, 0.05) is 10.7 Å². The quantitative estimate of drug-likeness (QED) is 0.750. The van der Waals surface area contributed by atoms with Crippen LogP contribution in [0.1, 0.15) is 16.2 Å². The van der Waals surface area contributed by atoms with Crippen LogP contribution >= 0.6 is 11.6 Å². The molecule has 0 atom stereocenters. The summed E-state index contributed by atoms with van der Waals surface area (Å²) in [5.41, 5.74) is 1.01. The number of carbonyl (C=O) groups is 1. The van der Waals surface area contributed by atoms with Gasteiger partial charge in [-0.3, -0.25) is 4.79 Å². The minimum Gasteiger partial charge on any atom is -0.485 e. The first kappa shape index (κ1) is 15.0. The highest BCUT2D eigenvalue weighted by molar-refractivity contribution is 6.31. The van der Waals surface area contributed by atoms with Gasteiger partial charge in [-0.25, -0.2) is 0 Å². The van der Waals surface area contributed by atoms with E-state index in [9.17, 15) is 4.79 Å². The summed E-state index contributed by atoms with van der Waals surface area (Å²) in [5, 5.41) is 16.6. The van der Waals surface area contributed by atoms with Gasteiger partial charge >= 0.3 is 0 Å². The van der Waals surface area contributed by atoms with E-state index in [1.165, 1.54) is 0 Å². The standard InChI is InChI=1S/C15H12ClN5O2/c16-10-6-7-13(23-9-14-18-20-21-19-14)12(8-10)15(22)17-11-4-2-1-3-5-11/h1-8H,9H2,(H,17,22)(H,18,19,20,21). The summed E-state index contributed by atoms with van der Waals surface area (Å²) in [5.74, 6) is 0.448. The average molecular weight is 330 g/mol. The molecule has 1 heterocycles. The lowest BCUT2D eigenvalue weighted by Crippen LogP contribution is -2.14. The number of anilines is 1. The maximum atomic E-state index is 12.4. The van der Waals surface area contributed by atoms with Gasteiger partial charge < -0.3 is 10.1 Å². The summed E-state index contributed by atoms with van der Waals surface area (Å²) >= 11 is 5.99. The molecule has 8 heteroatoms. The molecule has 0 bridgehead atoms. The Morgan fingerprint density at radius 3 is 2.78 bits per heavy atom. The number of halogens is 1. The highest BCUT2D eigenvalue weighted by atomic mass is 35.5. The fourth-order valence-electron chi connectivity index (χ4n) is 1.91. The van der Waals surface area contributed by atoms with Crippen LogP contribution in [-0.2, 0) is 6.61 Å². The fourth-order valence-corrected chi connectivity index (χ4v) is 2.08. The number of tetrazole rings is 1. The number of para-hydroxylation sites is 1. The predicted molar refractivity (Wildman–Crippen MR) is 84.4 cm³/mol. The van der Waals surface area contributed by atoms with Crippen molar-refractivity contribution < 1.29 is 9.53 Å². The number of rotatable bonds is 5. The van der Waals surface area contributed by atoms with E-state index in [1.807, 2.05) is 18.2 Å². The molecule has 116 valence electrons. The molecule has 0 fully saturated rings. The molecule has 2 N–H and O–H groups in total. The van der Waals surface area contributed by atoms with Crippen molar-refractivity contribution in [1.29, 1.82) is 0 Å². The van der Waals surface area contributed by atoms with Crippen LogP contribution in [0.2, 0.25) is 5.02 Å². The van der Waals surface area contributed by atoms with Crippen molar-refractivity contribution in [1.82, 2.24) is 20.6 Å². The minimum absolute atomic E-state index is 0.0871. The molecule has 1 aromatic heterocycles. The summed E-state index contributed by atoms with van der Waals surface area (Å²) in [7, 11) is 0. The van der Waals surface area contributed by atoms with Crippen molar-refractivity contribution in [3.63, 3.8) is 0 Å². The van der Waals surface area contributed by atoms with Crippen molar-refractivity contribution in [2.75, 3.05) is 5.32 Å². The van der Waals surface area contributed by atoms with Crippen LogP contribution in [0.5, 0.6) is 5.75 Å². The largest absolute Gasteiger partial charge is 0.485 e. The Labute approximate surface area is 136 Å². The van der Waals surface area contributed by atoms with Crippen LogP contribution < -0.4 is 10.1 Å². The monoisotopic (exact) mass is 329 g/mol. The Kier molecular flexibility index (Phi) is 4.49. The number of aromatic amines is 1. The molecule has 0 aliphatic heterocycles. The molecule has 23 heavy (non-hydrogen) atoms. The van der Waals surface area contributed by atoms with Crippen LogP contribution in [0.3, 0.4) is 0 Å². The molecular formula is C15H12ClN5O2. The van der Waals surface area contributed by atoms with E-state index in [-0.39, 0.29) is 12.5 Å². The molecule has 0 aliphatic rings. The molecule has 3 aromatic rings. The number of H-pyrrole nitrogens is 1. The van der Waals surface area contributed by atoms with Crippen molar-refractivity contribution in [2.45, 2.75) is 6.61 Å². The van der Waals surface area contributed by atoms with Gasteiger partial charge in [-0.2, -0.15) is 5.21 Å². The number of ether oxygens (including phenoxy) is 1. The molecule has 0 spiro atoms. The second kappa shape index (κ2) is 6.89. The molecule has 7 nitrogen and oxygen atoms in total. The first-order chi connectivity index (χ1) is 11.2. The summed E-state index contributed by atoms with van der Waals surface area (Å²) in [6, 6.07) is 13.9. The maximum absolute atomic E-state index is 12.4. The normalized spacial score (nSPS) is 10.3. The van der Waals surface area contributed by atoms with Crippen LogP contribution in [0, 0.1) is 0 Å². The minimum atomic E-state index is -0.318. The zero-order valence-corrected chi connectivity index (χ0v) is 12.6. The van der Waals surface area contributed by atoms with E-state index < -0.39 is 0 Å². The third-order valence-corrected chi connectivity index (χ3v) is 3.20. The van der Waals surface area contributed by atoms with E-state index in [4.69, 9.17) is 16.3 Å². The second-order valence-corrected chi connectivity index (χ2v) is 5.01. The molecule has 0 saturated carbocycles. The number of hydrogen-bond donors (Lipinski definition) is 2. The Morgan fingerprint density at radius 2 is 2.04 bits per heavy atom. The average Bonchev–Trinajstić information content (AvgIpc) is 3.08. The third kappa shape index (κ3) is 3.83. The molecule has 2 aromatic carbocycles. The lowest BCUT2D eigenvalue weighted by Gasteiger charge is -2.11. The van der Waals surface area contributed by atoms with Gasteiger partial charge in [-0.15, -0.1) is 10.2 Å². The predicted octanol–water partition coefficient (Wildman–Crippen LogP) is 2.68. The van der Waals surface area contributed by atoms with Crippen LogP contribution in [0.25, 0.3) is 0 Å². The summed E-state index contributed by atoms with van der Waals surface area (Å²) in [6.45, 7) is 0.0871. The van der Waals surface area contributed by atoms with E-state index in [2.05, 4.69) is 25.9 Å². The topological polar surface area (TPSA) is 92.8 Å².